The highest BCUT2D eigenvalue weighted by molar-refractivity contribution is 7.93. The van der Waals surface area contributed by atoms with Crippen LogP contribution in [0.15, 0.2) is 100 Å². The Kier molecular flexibility index (Phi) is 7.46. The number of para-hydroxylation sites is 1. The molecule has 4 aromatic rings. The van der Waals surface area contributed by atoms with Gasteiger partial charge in [-0.1, -0.05) is 48.5 Å². The second-order valence-corrected chi connectivity index (χ2v) is 11.6. The molecule has 0 saturated carbocycles. The molecule has 0 amide bonds. The van der Waals surface area contributed by atoms with Gasteiger partial charge in [0.2, 0.25) is 9.84 Å². The van der Waals surface area contributed by atoms with Crippen molar-refractivity contribution in [2.45, 2.75) is 21.9 Å². The molecule has 0 aliphatic rings. The van der Waals surface area contributed by atoms with Crippen LogP contribution in [0.4, 0.5) is 10.7 Å². The van der Waals surface area contributed by atoms with Crippen molar-refractivity contribution >= 4 is 49.1 Å². The van der Waals surface area contributed by atoms with Crippen molar-refractivity contribution in [1.82, 2.24) is 0 Å². The summed E-state index contributed by atoms with van der Waals surface area (Å²) in [6.45, 7) is 0. The average molecular weight is 527 g/mol. The molecule has 0 radical (unpaired) electrons. The maximum Gasteiger partial charge on any atom is 0.335 e. The Labute approximate surface area is 209 Å². The van der Waals surface area contributed by atoms with Gasteiger partial charge < -0.3 is 9.66 Å². The van der Waals surface area contributed by atoms with Crippen LogP contribution in [0.1, 0.15) is 21.5 Å². The van der Waals surface area contributed by atoms with Gasteiger partial charge in [-0.15, -0.1) is 11.3 Å². The van der Waals surface area contributed by atoms with Gasteiger partial charge in [0, 0.05) is 0 Å². The highest BCUT2D eigenvalue weighted by atomic mass is 32.2. The molecule has 3 aromatic carbocycles. The number of aromatic carboxylic acids is 1. The van der Waals surface area contributed by atoms with Gasteiger partial charge >= 0.3 is 5.97 Å². The second kappa shape index (κ2) is 10.5. The van der Waals surface area contributed by atoms with Gasteiger partial charge in [-0.25, -0.2) is 13.2 Å². The fourth-order valence-electron chi connectivity index (χ4n) is 3.61. The summed E-state index contributed by atoms with van der Waals surface area (Å²) in [5.74, 6) is -1.01. The van der Waals surface area contributed by atoms with E-state index >= 15 is 0 Å². The highest BCUT2D eigenvalue weighted by Gasteiger charge is 2.23. The molecule has 0 aliphatic heterocycles. The van der Waals surface area contributed by atoms with Crippen molar-refractivity contribution < 1.29 is 27.1 Å². The number of nitrogens with zero attached hydrogens (tertiary/aromatic N) is 1. The quantitative estimate of drug-likeness (QED) is 0.307. The Morgan fingerprint density at radius 2 is 1.63 bits per heavy atom. The average Bonchev–Trinajstić information content (AvgIpc) is 3.34. The zero-order chi connectivity index (χ0) is 25.0. The molecule has 0 fully saturated rings. The molecule has 1 heterocycles. The first-order valence-electron chi connectivity index (χ1n) is 10.5. The first-order valence-corrected chi connectivity index (χ1v) is 13.8. The van der Waals surface area contributed by atoms with Crippen molar-refractivity contribution in [3.8, 4) is 0 Å². The van der Waals surface area contributed by atoms with Gasteiger partial charge in [0.05, 0.1) is 27.4 Å². The molecule has 35 heavy (non-hydrogen) atoms. The third kappa shape index (κ3) is 5.51. The number of hydrogen-bond acceptors (Lipinski definition) is 6. The lowest BCUT2D eigenvalue weighted by Crippen LogP contribution is -2.20. The van der Waals surface area contributed by atoms with E-state index in [9.17, 15) is 27.1 Å². The number of carboxylic acid groups (broad SMARTS) is 1. The highest BCUT2D eigenvalue weighted by Crippen LogP contribution is 2.38. The van der Waals surface area contributed by atoms with Crippen molar-refractivity contribution in [1.29, 1.82) is 0 Å². The largest absolute Gasteiger partial charge is 0.755 e. The topological polar surface area (TPSA) is 115 Å². The molecule has 0 saturated heterocycles. The van der Waals surface area contributed by atoms with Gasteiger partial charge in [0.25, 0.3) is 0 Å². The van der Waals surface area contributed by atoms with Crippen molar-refractivity contribution in [3.63, 3.8) is 0 Å². The molecular formula is C25H20NO6S3-. The van der Waals surface area contributed by atoms with E-state index in [0.29, 0.717) is 18.5 Å². The molecule has 4 rings (SSSR count). The number of carbonyl (C=O) groups is 1. The van der Waals surface area contributed by atoms with E-state index in [1.54, 1.807) is 54.6 Å². The summed E-state index contributed by atoms with van der Waals surface area (Å²) in [6, 6.07) is 24.4. The molecule has 1 N–H and O–H groups in total. The standard InChI is InChI=1S/C25H21NO6S3/c27-25(28)20-9-6-7-18(17-20)13-14-19-8-4-5-12-22(19)26(34(29)30)23-15-16-24(33-23)35(31,32)21-10-2-1-3-11-21/h1-12,15-17H,13-14H2,(H,27,28)(H,29,30)/p-1. The van der Waals surface area contributed by atoms with Crippen LogP contribution in [0.25, 0.3) is 0 Å². The Bertz CT molecular complexity index is 1480. The number of aryl methyl sites for hydroxylation is 2. The Hall–Kier alpha value is -3.31. The summed E-state index contributed by atoms with van der Waals surface area (Å²) in [5.41, 5.74) is 2.12. The van der Waals surface area contributed by atoms with Crippen LogP contribution >= 0.6 is 11.3 Å². The minimum Gasteiger partial charge on any atom is -0.755 e. The fraction of sp³-hybridized carbons (Fsp3) is 0.0800. The molecule has 0 spiro atoms. The zero-order valence-electron chi connectivity index (χ0n) is 18.2. The fourth-order valence-corrected chi connectivity index (χ4v) is 7.09. The molecule has 1 aromatic heterocycles. The SMILES string of the molecule is O=C(O)c1cccc(CCc2ccccc2N(c2ccc(S(=O)(=O)c3ccccc3)s2)S(=O)[O-])c1. The van der Waals surface area contributed by atoms with E-state index < -0.39 is 27.1 Å². The first-order chi connectivity index (χ1) is 16.8. The van der Waals surface area contributed by atoms with Gasteiger partial charge in [-0.05, 0) is 66.4 Å². The summed E-state index contributed by atoms with van der Waals surface area (Å²) >= 11 is -1.84. The third-order valence-electron chi connectivity index (χ3n) is 5.30. The lowest BCUT2D eigenvalue weighted by molar-refractivity contribution is 0.0696. The van der Waals surface area contributed by atoms with Crippen LogP contribution in [-0.4, -0.2) is 28.3 Å². The summed E-state index contributed by atoms with van der Waals surface area (Å²) < 4.78 is 51.7. The van der Waals surface area contributed by atoms with Gasteiger partial charge in [0.1, 0.15) is 9.21 Å². The number of rotatable bonds is 9. The molecule has 1 unspecified atom stereocenters. The second-order valence-electron chi connectivity index (χ2n) is 7.55. The molecule has 180 valence electrons. The maximum atomic E-state index is 13.0. The predicted octanol–water partition coefficient (Wildman–Crippen LogP) is 5.00. The molecule has 7 nitrogen and oxygen atoms in total. The molecule has 1 atom stereocenters. The van der Waals surface area contributed by atoms with E-state index in [1.165, 1.54) is 30.3 Å². The van der Waals surface area contributed by atoms with Crippen LogP contribution < -0.4 is 4.31 Å². The van der Waals surface area contributed by atoms with Crippen LogP contribution in [0, 0.1) is 0 Å². The van der Waals surface area contributed by atoms with Crippen molar-refractivity contribution in [2.75, 3.05) is 4.31 Å². The lowest BCUT2D eigenvalue weighted by atomic mass is 10.0. The zero-order valence-corrected chi connectivity index (χ0v) is 20.7. The number of hydrogen-bond donors (Lipinski definition) is 1. The van der Waals surface area contributed by atoms with Crippen LogP contribution in [0.2, 0.25) is 0 Å². The molecule has 0 bridgehead atoms. The number of sulfone groups is 1. The van der Waals surface area contributed by atoms with Gasteiger partial charge in [0.15, 0.2) is 0 Å². The van der Waals surface area contributed by atoms with E-state index in [2.05, 4.69) is 0 Å². The summed E-state index contributed by atoms with van der Waals surface area (Å²) in [4.78, 5) is 11.4. The lowest BCUT2D eigenvalue weighted by Gasteiger charge is -2.27. The number of benzene rings is 3. The molecular weight excluding hydrogens is 506 g/mol. The van der Waals surface area contributed by atoms with Gasteiger partial charge in [-0.3, -0.25) is 8.51 Å². The molecule has 10 heteroatoms. The van der Waals surface area contributed by atoms with Crippen molar-refractivity contribution in [3.05, 3.63) is 108 Å². The maximum absolute atomic E-state index is 13.0. The van der Waals surface area contributed by atoms with E-state index in [-0.39, 0.29) is 19.7 Å². The van der Waals surface area contributed by atoms with E-state index in [0.717, 1.165) is 26.8 Å². The normalized spacial score (nSPS) is 12.3. The summed E-state index contributed by atoms with van der Waals surface area (Å²) in [5, 5.41) is 9.46. The Balaban J connectivity index is 1.65. The Morgan fingerprint density at radius 1 is 0.914 bits per heavy atom. The smallest absolute Gasteiger partial charge is 0.335 e. The van der Waals surface area contributed by atoms with Crippen molar-refractivity contribution in [2.24, 2.45) is 0 Å². The van der Waals surface area contributed by atoms with E-state index in [4.69, 9.17) is 0 Å². The number of anilines is 2. The number of thiophene rings is 1. The summed E-state index contributed by atoms with van der Waals surface area (Å²) in [7, 11) is -3.78. The molecule has 0 aliphatic carbocycles. The predicted molar refractivity (Wildman–Crippen MR) is 135 cm³/mol. The van der Waals surface area contributed by atoms with E-state index in [1.807, 2.05) is 6.07 Å². The minimum absolute atomic E-state index is 0.0390. The van der Waals surface area contributed by atoms with Gasteiger partial charge in [-0.2, -0.15) is 0 Å². The van der Waals surface area contributed by atoms with Crippen LogP contribution in [0.5, 0.6) is 0 Å². The minimum atomic E-state index is -3.78. The monoisotopic (exact) mass is 526 g/mol. The Morgan fingerprint density at radius 3 is 2.34 bits per heavy atom. The third-order valence-corrected chi connectivity index (χ3v) is 9.44. The first kappa shape index (κ1) is 24.8. The van der Waals surface area contributed by atoms with Crippen LogP contribution in [0.3, 0.4) is 0 Å². The summed E-state index contributed by atoms with van der Waals surface area (Å²) in [6.07, 6.45) is 0.947. The van der Waals surface area contributed by atoms with Crippen LogP contribution in [-0.2, 0) is 33.9 Å². The number of carboxylic acids is 1.